The molecule has 3 N–H and O–H groups in total. The lowest BCUT2D eigenvalue weighted by Gasteiger charge is -2.23. The average molecular weight is 192 g/mol. The third-order valence-corrected chi connectivity index (χ3v) is 1.24. The number of primary amides is 1. The van der Waals surface area contributed by atoms with Crippen LogP contribution in [-0.2, 0) is 0 Å². The molecule has 0 rings (SSSR count). The maximum atomic E-state index is 8.67. The van der Waals surface area contributed by atoms with E-state index in [1.54, 1.807) is 0 Å². The number of carbonyl (C=O) groups is 1. The second-order valence-electron chi connectivity index (χ2n) is 3.76. The quantitative estimate of drug-likeness (QED) is 0.431. The van der Waals surface area contributed by atoms with Crippen LogP contribution in [0.25, 0.3) is 0 Å². The van der Waals surface area contributed by atoms with Crippen LogP contribution in [0.3, 0.4) is 0 Å². The maximum Gasteiger partial charge on any atom is 0.131 e. The molecule has 0 aliphatic carbocycles. The van der Waals surface area contributed by atoms with Gasteiger partial charge in [-0.25, -0.2) is 0 Å². The molecule has 0 aromatic rings. The summed E-state index contributed by atoms with van der Waals surface area (Å²) in [5, 5.41) is 17.1. The predicted molar refractivity (Wildman–Crippen MR) is 48.8 cm³/mol. The summed E-state index contributed by atoms with van der Waals surface area (Å²) in [5.74, 6) is 0. The van der Waals surface area contributed by atoms with E-state index >= 15 is 0 Å². The minimum absolute atomic E-state index is 0.333. The Bertz CT molecular complexity index is 128. The molecule has 0 saturated heterocycles. The molecular weight excluding hydrogens is 172 g/mol. The van der Waals surface area contributed by atoms with Crippen molar-refractivity contribution in [3.8, 4) is 0 Å². The van der Waals surface area contributed by atoms with Crippen molar-refractivity contribution in [3.05, 3.63) is 0 Å². The van der Waals surface area contributed by atoms with E-state index < -0.39 is 6.09 Å². The molecule has 0 unspecified atom stereocenters. The molecule has 0 fully saturated rings. The second kappa shape index (κ2) is 7.82. The molecule has 0 spiro atoms. The summed E-state index contributed by atoms with van der Waals surface area (Å²) in [4.78, 5) is 8.67. The van der Waals surface area contributed by atoms with Crippen LogP contribution in [0.15, 0.2) is 0 Å². The Kier molecular flexibility index (Phi) is 8.84. The molecule has 0 aromatic carbocycles. The Morgan fingerprint density at radius 2 is 1.77 bits per heavy atom. The minimum atomic E-state index is -1.58. The highest BCUT2D eigenvalue weighted by atomic mass is 16.4. The highest BCUT2D eigenvalue weighted by molar-refractivity contribution is 5.58. The molecule has 5 nitrogen and oxygen atoms in total. The van der Waals surface area contributed by atoms with Gasteiger partial charge in [0.15, 0.2) is 0 Å². The fourth-order valence-electron chi connectivity index (χ4n) is 0.698. The largest absolute Gasteiger partial charge is 0.530 e. The van der Waals surface area contributed by atoms with E-state index in [0.717, 1.165) is 23.9 Å². The van der Waals surface area contributed by atoms with Crippen molar-refractivity contribution in [2.45, 2.75) is 12.8 Å². The number of hydrogen-bond donors (Lipinski definition) is 2. The van der Waals surface area contributed by atoms with Gasteiger partial charge in [0.25, 0.3) is 0 Å². The van der Waals surface area contributed by atoms with E-state index in [1.165, 1.54) is 0 Å². The Morgan fingerprint density at radius 3 is 2.00 bits per heavy atom. The summed E-state index contributed by atoms with van der Waals surface area (Å²) in [6, 6.07) is 0. The van der Waals surface area contributed by atoms with Crippen LogP contribution >= 0.6 is 0 Å². The molecule has 5 heteroatoms. The zero-order valence-corrected chi connectivity index (χ0v) is 8.62. The van der Waals surface area contributed by atoms with E-state index in [0.29, 0.717) is 6.61 Å². The maximum absolute atomic E-state index is 8.67. The zero-order chi connectivity index (χ0) is 10.9. The van der Waals surface area contributed by atoms with E-state index in [1.807, 2.05) is 0 Å². The monoisotopic (exact) mass is 192 g/mol. The number of aliphatic hydroxyl groups excluding tert-OH is 1. The lowest BCUT2D eigenvalue weighted by molar-refractivity contribution is -0.870. The van der Waals surface area contributed by atoms with Gasteiger partial charge < -0.3 is 25.2 Å². The second-order valence-corrected chi connectivity index (χ2v) is 3.76. The third kappa shape index (κ3) is 35.1. The van der Waals surface area contributed by atoms with Crippen molar-refractivity contribution in [2.75, 3.05) is 34.3 Å². The van der Waals surface area contributed by atoms with Gasteiger partial charge in [-0.05, 0) is 12.8 Å². The Balaban J connectivity index is 0. The number of aliphatic hydroxyl groups is 1. The molecule has 0 aromatic heterocycles. The van der Waals surface area contributed by atoms with Gasteiger partial charge in [-0.15, -0.1) is 0 Å². The van der Waals surface area contributed by atoms with Gasteiger partial charge in [-0.2, -0.15) is 0 Å². The van der Waals surface area contributed by atoms with E-state index in [9.17, 15) is 0 Å². The SMILES string of the molecule is C[N+](C)(C)CCCCO.NC(=O)[O-]. The first-order valence-corrected chi connectivity index (χ1v) is 4.17. The summed E-state index contributed by atoms with van der Waals surface area (Å²) in [6.07, 6.45) is 0.482. The molecule has 0 atom stereocenters. The molecule has 0 saturated carbocycles. The van der Waals surface area contributed by atoms with Crippen LogP contribution in [0.5, 0.6) is 0 Å². The topological polar surface area (TPSA) is 86.4 Å². The van der Waals surface area contributed by atoms with Gasteiger partial charge in [0, 0.05) is 6.61 Å². The van der Waals surface area contributed by atoms with Gasteiger partial charge in [0.1, 0.15) is 6.09 Å². The van der Waals surface area contributed by atoms with Gasteiger partial charge >= 0.3 is 0 Å². The Labute approximate surface area is 79.4 Å². The van der Waals surface area contributed by atoms with Crippen LogP contribution in [-0.4, -0.2) is 50.0 Å². The number of rotatable bonds is 4. The number of quaternary nitrogens is 1. The first kappa shape index (κ1) is 14.7. The third-order valence-electron chi connectivity index (χ3n) is 1.24. The molecule has 13 heavy (non-hydrogen) atoms. The summed E-state index contributed by atoms with van der Waals surface area (Å²) >= 11 is 0. The first-order valence-electron chi connectivity index (χ1n) is 4.17. The molecule has 0 heterocycles. The average Bonchev–Trinajstić information content (AvgIpc) is 1.83. The number of carboxylic acid groups (broad SMARTS) is 1. The Hall–Kier alpha value is -0.810. The number of amides is 1. The summed E-state index contributed by atoms with van der Waals surface area (Å²) in [6.45, 7) is 1.49. The molecular formula is C8H20N2O3. The number of carbonyl (C=O) groups excluding carboxylic acids is 1. The predicted octanol–water partition coefficient (Wildman–Crippen LogP) is -1.25. The number of nitrogens with zero attached hydrogens (tertiary/aromatic N) is 1. The highest BCUT2D eigenvalue weighted by Crippen LogP contribution is 1.95. The standard InChI is InChI=1S/C7H18NO.CH3NO2/c1-8(2,3)6-4-5-7-9;2-1(3)4/h9H,4-7H2,1-3H3;2H2,(H,3,4)/q+1;/p-1. The minimum Gasteiger partial charge on any atom is -0.530 e. The van der Waals surface area contributed by atoms with Crippen molar-refractivity contribution in [3.63, 3.8) is 0 Å². The van der Waals surface area contributed by atoms with Gasteiger partial charge in [-0.1, -0.05) is 0 Å². The first-order chi connectivity index (χ1) is 5.79. The molecule has 0 bridgehead atoms. The van der Waals surface area contributed by atoms with Crippen molar-refractivity contribution >= 4 is 6.09 Å². The summed E-state index contributed by atoms with van der Waals surface area (Å²) in [5.41, 5.74) is 3.92. The smallest absolute Gasteiger partial charge is 0.131 e. The van der Waals surface area contributed by atoms with Crippen LogP contribution < -0.4 is 10.8 Å². The van der Waals surface area contributed by atoms with Crippen LogP contribution in [0.4, 0.5) is 4.79 Å². The normalized spacial score (nSPS) is 10.2. The fraction of sp³-hybridized carbons (Fsp3) is 0.875. The van der Waals surface area contributed by atoms with E-state index in [4.69, 9.17) is 15.0 Å². The van der Waals surface area contributed by atoms with Crippen molar-refractivity contribution < 1.29 is 19.5 Å². The van der Waals surface area contributed by atoms with Gasteiger partial charge in [0.05, 0.1) is 27.7 Å². The molecule has 0 aliphatic heterocycles. The molecule has 0 radical (unpaired) electrons. The number of nitrogens with two attached hydrogens (primary N) is 1. The summed E-state index contributed by atoms with van der Waals surface area (Å²) in [7, 11) is 6.49. The number of hydrogen-bond acceptors (Lipinski definition) is 3. The van der Waals surface area contributed by atoms with E-state index in [2.05, 4.69) is 26.9 Å². The van der Waals surface area contributed by atoms with Crippen LogP contribution in [0.2, 0.25) is 0 Å². The van der Waals surface area contributed by atoms with Crippen molar-refractivity contribution in [1.29, 1.82) is 0 Å². The zero-order valence-electron chi connectivity index (χ0n) is 8.62. The molecule has 1 amide bonds. The summed E-state index contributed by atoms with van der Waals surface area (Å²) < 4.78 is 1.00. The molecule has 0 aliphatic rings. The Morgan fingerprint density at radius 1 is 1.38 bits per heavy atom. The van der Waals surface area contributed by atoms with Crippen LogP contribution in [0, 0.1) is 0 Å². The lowest BCUT2D eigenvalue weighted by atomic mass is 10.3. The van der Waals surface area contributed by atoms with E-state index in [-0.39, 0.29) is 0 Å². The highest BCUT2D eigenvalue weighted by Gasteiger charge is 2.04. The number of unbranched alkanes of at least 4 members (excludes halogenated alkanes) is 1. The molecule has 80 valence electrons. The van der Waals surface area contributed by atoms with Crippen LogP contribution in [0.1, 0.15) is 12.8 Å². The van der Waals surface area contributed by atoms with Crippen molar-refractivity contribution in [2.24, 2.45) is 5.73 Å². The fourth-order valence-corrected chi connectivity index (χ4v) is 0.698. The van der Waals surface area contributed by atoms with Gasteiger partial charge in [0.2, 0.25) is 0 Å². The lowest BCUT2D eigenvalue weighted by Crippen LogP contribution is -2.35. The van der Waals surface area contributed by atoms with Crippen molar-refractivity contribution in [1.82, 2.24) is 0 Å². The van der Waals surface area contributed by atoms with Gasteiger partial charge in [-0.3, -0.25) is 0 Å².